The van der Waals surface area contributed by atoms with Crippen LogP contribution in [0.25, 0.3) is 0 Å². The molecule has 4 nitrogen and oxygen atoms in total. The normalized spacial score (nSPS) is 22.0. The molecule has 0 amide bonds. The van der Waals surface area contributed by atoms with E-state index in [9.17, 15) is 4.79 Å². The molecule has 2 rings (SSSR count). The van der Waals surface area contributed by atoms with Gasteiger partial charge in [-0.25, -0.2) is 0 Å². The van der Waals surface area contributed by atoms with Gasteiger partial charge in [-0.3, -0.25) is 4.79 Å². The van der Waals surface area contributed by atoms with Crippen molar-refractivity contribution in [2.45, 2.75) is 25.8 Å². The number of carbonyl (C=O) groups excluding carboxylic acids is 1. The summed E-state index contributed by atoms with van der Waals surface area (Å²) in [6.45, 7) is 4.98. The lowest BCUT2D eigenvalue weighted by Gasteiger charge is -2.37. The summed E-state index contributed by atoms with van der Waals surface area (Å²) in [5.74, 6) is -0.163. The van der Waals surface area contributed by atoms with Crippen LogP contribution < -0.4 is 10.6 Å². The number of benzene rings is 1. The first-order valence-electron chi connectivity index (χ1n) is 5.90. The topological polar surface area (TPSA) is 50.4 Å². The molecular weight excluding hydrogens is 216 g/mol. The molecule has 1 atom stereocenters. The van der Waals surface area contributed by atoms with Gasteiger partial charge in [0.1, 0.15) is 0 Å². The molecule has 1 aromatic rings. The van der Waals surface area contributed by atoms with Gasteiger partial charge < -0.3 is 15.4 Å². The fourth-order valence-corrected chi connectivity index (χ4v) is 2.04. The van der Waals surface area contributed by atoms with Crippen LogP contribution in [0.1, 0.15) is 20.3 Å². The molecule has 0 bridgehead atoms. The Kier molecular flexibility index (Phi) is 3.22. The van der Waals surface area contributed by atoms with Crippen molar-refractivity contribution in [1.82, 2.24) is 0 Å². The van der Waals surface area contributed by atoms with Crippen LogP contribution in [0, 0.1) is 0 Å². The lowest BCUT2D eigenvalue weighted by Crippen LogP contribution is -2.46. The van der Waals surface area contributed by atoms with Gasteiger partial charge in [0.15, 0.2) is 0 Å². The van der Waals surface area contributed by atoms with Crippen molar-refractivity contribution >= 4 is 17.3 Å². The van der Waals surface area contributed by atoms with Gasteiger partial charge in [0.2, 0.25) is 0 Å². The van der Waals surface area contributed by atoms with Crippen LogP contribution in [-0.4, -0.2) is 24.7 Å². The molecule has 2 N–H and O–H groups in total. The fraction of sp³-hybridized carbons (Fsp3) is 0.462. The van der Waals surface area contributed by atoms with Gasteiger partial charge in [-0.1, -0.05) is 12.1 Å². The van der Waals surface area contributed by atoms with E-state index in [0.29, 0.717) is 19.6 Å². The highest BCUT2D eigenvalue weighted by Gasteiger charge is 2.31. The number of ether oxygens (including phenoxy) is 1. The minimum absolute atomic E-state index is 0.163. The second-order valence-electron chi connectivity index (χ2n) is 4.57. The van der Waals surface area contributed by atoms with Crippen molar-refractivity contribution in [1.29, 1.82) is 0 Å². The number of anilines is 2. The Hall–Kier alpha value is -1.71. The first-order valence-corrected chi connectivity index (χ1v) is 5.90. The van der Waals surface area contributed by atoms with Gasteiger partial charge in [-0.2, -0.15) is 0 Å². The largest absolute Gasteiger partial charge is 0.466 e. The highest BCUT2D eigenvalue weighted by molar-refractivity contribution is 5.76. The molecule has 0 aromatic heterocycles. The van der Waals surface area contributed by atoms with Crippen LogP contribution in [0.15, 0.2) is 24.3 Å². The fourth-order valence-electron chi connectivity index (χ4n) is 2.04. The summed E-state index contributed by atoms with van der Waals surface area (Å²) in [5, 5.41) is 6.73. The predicted molar refractivity (Wildman–Crippen MR) is 68.2 cm³/mol. The Morgan fingerprint density at radius 1 is 1.41 bits per heavy atom. The summed E-state index contributed by atoms with van der Waals surface area (Å²) in [6.07, 6.45) is 0.363. The van der Waals surface area contributed by atoms with Gasteiger partial charge in [0, 0.05) is 6.54 Å². The summed E-state index contributed by atoms with van der Waals surface area (Å²) in [4.78, 5) is 11.5. The lowest BCUT2D eigenvalue weighted by atomic mass is 9.94. The van der Waals surface area contributed by atoms with Gasteiger partial charge in [0.05, 0.1) is 29.9 Å². The van der Waals surface area contributed by atoms with E-state index in [4.69, 9.17) is 4.74 Å². The van der Waals surface area contributed by atoms with Crippen LogP contribution in [0.4, 0.5) is 11.4 Å². The molecule has 0 radical (unpaired) electrons. The number of fused-ring (bicyclic) bond motifs is 1. The third-order valence-corrected chi connectivity index (χ3v) is 2.87. The van der Waals surface area contributed by atoms with Gasteiger partial charge in [0.25, 0.3) is 0 Å². The molecular formula is C13H18N2O2. The van der Waals surface area contributed by atoms with Crippen LogP contribution in [0.2, 0.25) is 0 Å². The van der Waals surface area contributed by atoms with E-state index in [0.717, 1.165) is 11.4 Å². The minimum atomic E-state index is -0.291. The highest BCUT2D eigenvalue weighted by atomic mass is 16.5. The molecule has 0 aliphatic carbocycles. The van der Waals surface area contributed by atoms with Gasteiger partial charge in [-0.05, 0) is 26.0 Å². The van der Waals surface area contributed by atoms with Crippen LogP contribution >= 0.6 is 0 Å². The van der Waals surface area contributed by atoms with Crippen LogP contribution in [0.5, 0.6) is 0 Å². The van der Waals surface area contributed by atoms with E-state index in [1.807, 2.05) is 38.1 Å². The van der Waals surface area contributed by atoms with E-state index >= 15 is 0 Å². The van der Waals surface area contributed by atoms with Crippen molar-refractivity contribution in [2.75, 3.05) is 23.8 Å². The smallest absolute Gasteiger partial charge is 0.308 e. The monoisotopic (exact) mass is 234 g/mol. The number of nitrogens with one attached hydrogen (secondary N) is 2. The van der Waals surface area contributed by atoms with Crippen LogP contribution in [0.3, 0.4) is 0 Å². The molecule has 1 heterocycles. The summed E-state index contributed by atoms with van der Waals surface area (Å²) < 4.78 is 4.99. The molecule has 1 aromatic carbocycles. The molecule has 1 aliphatic heterocycles. The molecule has 92 valence electrons. The van der Waals surface area contributed by atoms with Crippen molar-refractivity contribution in [3.05, 3.63) is 24.3 Å². The maximum absolute atomic E-state index is 11.5. The van der Waals surface area contributed by atoms with E-state index < -0.39 is 0 Å². The van der Waals surface area contributed by atoms with Gasteiger partial charge >= 0.3 is 5.97 Å². The van der Waals surface area contributed by atoms with Crippen molar-refractivity contribution in [2.24, 2.45) is 0 Å². The van der Waals surface area contributed by atoms with E-state index in [-0.39, 0.29) is 11.5 Å². The third-order valence-electron chi connectivity index (χ3n) is 2.87. The molecule has 0 spiro atoms. The second kappa shape index (κ2) is 4.65. The molecule has 17 heavy (non-hydrogen) atoms. The zero-order valence-corrected chi connectivity index (χ0v) is 10.2. The predicted octanol–water partition coefficient (Wildman–Crippen LogP) is 2.24. The standard InChI is InChI=1S/C13H18N2O2/c1-3-17-12(16)8-13(2)9-14-10-6-4-5-7-11(10)15-13/h4-7,14-15H,3,8-9H2,1-2H3. The zero-order chi connectivity index (χ0) is 12.3. The number of para-hydroxylation sites is 2. The summed E-state index contributed by atoms with van der Waals surface area (Å²) in [7, 11) is 0. The summed E-state index contributed by atoms with van der Waals surface area (Å²) >= 11 is 0. The quantitative estimate of drug-likeness (QED) is 0.787. The first-order chi connectivity index (χ1) is 8.13. The lowest BCUT2D eigenvalue weighted by molar-refractivity contribution is -0.144. The van der Waals surface area contributed by atoms with E-state index in [1.54, 1.807) is 0 Å². The molecule has 1 unspecified atom stereocenters. The zero-order valence-electron chi connectivity index (χ0n) is 10.2. The molecule has 0 fully saturated rings. The number of esters is 1. The summed E-state index contributed by atoms with van der Waals surface area (Å²) in [5.41, 5.74) is 1.82. The van der Waals surface area contributed by atoms with Crippen molar-refractivity contribution in [3.8, 4) is 0 Å². The van der Waals surface area contributed by atoms with E-state index in [2.05, 4.69) is 10.6 Å². The number of rotatable bonds is 3. The maximum Gasteiger partial charge on any atom is 0.308 e. The highest BCUT2D eigenvalue weighted by Crippen LogP contribution is 2.31. The second-order valence-corrected chi connectivity index (χ2v) is 4.57. The van der Waals surface area contributed by atoms with Crippen molar-refractivity contribution in [3.63, 3.8) is 0 Å². The first kappa shape index (κ1) is 11.8. The summed E-state index contributed by atoms with van der Waals surface area (Å²) in [6, 6.07) is 7.99. The Bertz CT molecular complexity index is 420. The number of carbonyl (C=O) groups is 1. The number of hydrogen-bond donors (Lipinski definition) is 2. The molecule has 0 saturated carbocycles. The van der Waals surface area contributed by atoms with E-state index in [1.165, 1.54) is 0 Å². The Morgan fingerprint density at radius 2 is 2.12 bits per heavy atom. The number of hydrogen-bond acceptors (Lipinski definition) is 4. The maximum atomic E-state index is 11.5. The Balaban J connectivity index is 2.07. The van der Waals surface area contributed by atoms with Crippen molar-refractivity contribution < 1.29 is 9.53 Å². The minimum Gasteiger partial charge on any atom is -0.466 e. The van der Waals surface area contributed by atoms with Crippen LogP contribution in [-0.2, 0) is 9.53 Å². The average Bonchev–Trinajstić information content (AvgIpc) is 2.28. The molecule has 4 heteroatoms. The Morgan fingerprint density at radius 3 is 2.82 bits per heavy atom. The average molecular weight is 234 g/mol. The SMILES string of the molecule is CCOC(=O)CC1(C)CNc2ccccc2N1. The van der Waals surface area contributed by atoms with Gasteiger partial charge in [-0.15, -0.1) is 0 Å². The Labute approximate surface area is 101 Å². The third kappa shape index (κ3) is 2.70. The molecule has 1 aliphatic rings. The molecule has 0 saturated heterocycles.